The van der Waals surface area contributed by atoms with Gasteiger partial charge in [-0.1, -0.05) is 24.3 Å². The second-order valence-electron chi connectivity index (χ2n) is 7.89. The average molecular weight is 405 g/mol. The lowest BCUT2D eigenvalue weighted by molar-refractivity contribution is -0.132. The molecule has 2 heterocycles. The third-order valence-corrected chi connectivity index (χ3v) is 5.85. The van der Waals surface area contributed by atoms with Gasteiger partial charge in [0.05, 0.1) is 0 Å². The molecule has 1 fully saturated rings. The maximum atomic E-state index is 12.5. The molecule has 1 saturated heterocycles. The van der Waals surface area contributed by atoms with Crippen LogP contribution in [0.15, 0.2) is 48.5 Å². The summed E-state index contributed by atoms with van der Waals surface area (Å²) in [5, 5.41) is 2.88. The highest BCUT2D eigenvalue weighted by Crippen LogP contribution is 2.22. The maximum Gasteiger partial charge on any atom is 0.251 e. The van der Waals surface area contributed by atoms with Gasteiger partial charge in [-0.05, 0) is 54.7 Å². The molecule has 2 aromatic carbocycles. The molecule has 30 heavy (non-hydrogen) atoms. The molecule has 0 aliphatic carbocycles. The lowest BCUT2D eigenvalue weighted by Gasteiger charge is -2.29. The lowest BCUT2D eigenvalue weighted by Crippen LogP contribution is -2.36. The summed E-state index contributed by atoms with van der Waals surface area (Å²) in [6.45, 7) is 2.63. The highest BCUT2D eigenvalue weighted by molar-refractivity contribution is 5.97. The van der Waals surface area contributed by atoms with Crippen molar-refractivity contribution in [3.8, 4) is 0 Å². The molecule has 0 saturated carbocycles. The number of nitrogens with zero attached hydrogens (tertiary/aromatic N) is 2. The number of hydrogen-bond donors (Lipinski definition) is 1. The van der Waals surface area contributed by atoms with E-state index < -0.39 is 0 Å². The first-order valence-electron chi connectivity index (χ1n) is 10.6. The van der Waals surface area contributed by atoms with Crippen LogP contribution in [0.2, 0.25) is 0 Å². The molecule has 3 amide bonds. The minimum atomic E-state index is -0.159. The molecule has 6 heteroatoms. The Bertz CT molecular complexity index is 939. The Labute approximate surface area is 176 Å². The molecule has 0 bridgehead atoms. The summed E-state index contributed by atoms with van der Waals surface area (Å²) in [6, 6.07) is 15.4. The van der Waals surface area contributed by atoms with E-state index in [0.717, 1.165) is 31.6 Å². The van der Waals surface area contributed by atoms with Gasteiger partial charge in [-0.25, -0.2) is 0 Å². The molecule has 4 rings (SSSR count). The number of amides is 3. The van der Waals surface area contributed by atoms with Gasteiger partial charge in [0, 0.05) is 50.3 Å². The number of anilines is 1. The second kappa shape index (κ2) is 9.11. The van der Waals surface area contributed by atoms with Crippen molar-refractivity contribution in [1.82, 2.24) is 10.2 Å². The maximum absolute atomic E-state index is 12.5. The number of carbonyl (C=O) groups is 3. The Kier molecular flexibility index (Phi) is 6.12. The molecule has 2 aliphatic rings. The number of nitrogens with one attached hydrogen (secondary N) is 1. The summed E-state index contributed by atoms with van der Waals surface area (Å²) in [5.41, 5.74) is 3.95. The summed E-state index contributed by atoms with van der Waals surface area (Å²) in [5.74, 6) is 0.112. The van der Waals surface area contributed by atoms with Crippen LogP contribution in [0.25, 0.3) is 0 Å². The topological polar surface area (TPSA) is 69.7 Å². The van der Waals surface area contributed by atoms with Gasteiger partial charge >= 0.3 is 0 Å². The van der Waals surface area contributed by atoms with Gasteiger partial charge in [0.25, 0.3) is 5.91 Å². The van der Waals surface area contributed by atoms with E-state index in [2.05, 4.69) is 17.4 Å². The molecule has 0 aromatic heterocycles. The van der Waals surface area contributed by atoms with Crippen LogP contribution in [-0.4, -0.2) is 42.3 Å². The fraction of sp³-hybridized carbons (Fsp3) is 0.375. The molecule has 2 aromatic rings. The van der Waals surface area contributed by atoms with Crippen molar-refractivity contribution < 1.29 is 14.4 Å². The molecule has 0 radical (unpaired) electrons. The van der Waals surface area contributed by atoms with Gasteiger partial charge in [-0.3, -0.25) is 14.4 Å². The molecular weight excluding hydrogens is 378 g/mol. The van der Waals surface area contributed by atoms with Crippen LogP contribution in [0.5, 0.6) is 0 Å². The van der Waals surface area contributed by atoms with Crippen LogP contribution >= 0.6 is 0 Å². The Morgan fingerprint density at radius 1 is 0.933 bits per heavy atom. The predicted octanol–water partition coefficient (Wildman–Crippen LogP) is 2.91. The van der Waals surface area contributed by atoms with Gasteiger partial charge in [0.2, 0.25) is 11.8 Å². The number of rotatable bonds is 6. The van der Waals surface area contributed by atoms with Crippen LogP contribution in [0.3, 0.4) is 0 Å². The van der Waals surface area contributed by atoms with Crippen molar-refractivity contribution in [1.29, 1.82) is 0 Å². The Hall–Kier alpha value is -3.15. The molecule has 0 atom stereocenters. The predicted molar refractivity (Wildman–Crippen MR) is 115 cm³/mol. The van der Waals surface area contributed by atoms with E-state index in [1.165, 1.54) is 11.1 Å². The second-order valence-corrected chi connectivity index (χ2v) is 7.89. The summed E-state index contributed by atoms with van der Waals surface area (Å²) in [7, 11) is 0. The third-order valence-electron chi connectivity index (χ3n) is 5.85. The van der Waals surface area contributed by atoms with Crippen molar-refractivity contribution in [2.75, 3.05) is 24.5 Å². The molecule has 0 unspecified atom stereocenters. The van der Waals surface area contributed by atoms with Crippen LogP contribution in [0.4, 0.5) is 5.69 Å². The molecule has 1 N–H and O–H groups in total. The average Bonchev–Trinajstić information content (AvgIpc) is 3.22. The Morgan fingerprint density at radius 3 is 2.43 bits per heavy atom. The van der Waals surface area contributed by atoms with Crippen LogP contribution in [0.1, 0.15) is 47.2 Å². The first-order valence-corrected chi connectivity index (χ1v) is 10.6. The molecule has 0 spiro atoms. The Balaban J connectivity index is 1.20. The number of carbonyl (C=O) groups excluding carboxylic acids is 3. The molecule has 2 aliphatic heterocycles. The van der Waals surface area contributed by atoms with E-state index >= 15 is 0 Å². The summed E-state index contributed by atoms with van der Waals surface area (Å²) < 4.78 is 0. The SMILES string of the molecule is O=C(NCCCC(=O)N1CCc2ccccc2C1)c1ccc(N2CCCC2=O)cc1. The smallest absolute Gasteiger partial charge is 0.251 e. The van der Waals surface area contributed by atoms with E-state index in [1.807, 2.05) is 29.2 Å². The number of benzene rings is 2. The quantitative estimate of drug-likeness (QED) is 0.752. The van der Waals surface area contributed by atoms with Gasteiger partial charge < -0.3 is 15.1 Å². The highest BCUT2D eigenvalue weighted by Gasteiger charge is 2.22. The standard InChI is InChI=1S/C24H27N3O3/c28-22(26-16-13-18-5-1-2-6-20(18)17-26)7-3-14-25-24(30)19-9-11-21(12-10-19)27-15-4-8-23(27)29/h1-2,5-6,9-12H,3-4,7-8,13-17H2,(H,25,30). The summed E-state index contributed by atoms with van der Waals surface area (Å²) in [4.78, 5) is 40.3. The fourth-order valence-corrected chi connectivity index (χ4v) is 4.12. The van der Waals surface area contributed by atoms with E-state index in [-0.39, 0.29) is 17.7 Å². The first kappa shape index (κ1) is 20.1. The van der Waals surface area contributed by atoms with Gasteiger partial charge in [0.1, 0.15) is 0 Å². The van der Waals surface area contributed by atoms with Crippen LogP contribution < -0.4 is 10.2 Å². The van der Waals surface area contributed by atoms with E-state index in [4.69, 9.17) is 0 Å². The van der Waals surface area contributed by atoms with Gasteiger partial charge in [0.15, 0.2) is 0 Å². The molecule has 156 valence electrons. The zero-order chi connectivity index (χ0) is 20.9. The van der Waals surface area contributed by atoms with E-state index in [0.29, 0.717) is 37.9 Å². The van der Waals surface area contributed by atoms with Crippen molar-refractivity contribution in [3.63, 3.8) is 0 Å². The van der Waals surface area contributed by atoms with Crippen molar-refractivity contribution >= 4 is 23.4 Å². The van der Waals surface area contributed by atoms with E-state index in [1.54, 1.807) is 17.0 Å². The summed E-state index contributed by atoms with van der Waals surface area (Å²) >= 11 is 0. The van der Waals surface area contributed by atoms with Crippen LogP contribution in [0, 0.1) is 0 Å². The number of hydrogen-bond acceptors (Lipinski definition) is 3. The number of fused-ring (bicyclic) bond motifs is 1. The van der Waals surface area contributed by atoms with Crippen LogP contribution in [-0.2, 0) is 22.6 Å². The summed E-state index contributed by atoms with van der Waals surface area (Å²) in [6.07, 6.45) is 3.41. The zero-order valence-electron chi connectivity index (χ0n) is 17.1. The largest absolute Gasteiger partial charge is 0.352 e. The minimum absolute atomic E-state index is 0.133. The first-order chi connectivity index (χ1) is 14.6. The monoisotopic (exact) mass is 405 g/mol. The third kappa shape index (κ3) is 4.53. The Morgan fingerprint density at radius 2 is 1.70 bits per heavy atom. The van der Waals surface area contributed by atoms with E-state index in [9.17, 15) is 14.4 Å². The zero-order valence-corrected chi connectivity index (χ0v) is 17.1. The fourth-order valence-electron chi connectivity index (χ4n) is 4.12. The lowest BCUT2D eigenvalue weighted by atomic mass is 9.99. The minimum Gasteiger partial charge on any atom is -0.352 e. The highest BCUT2D eigenvalue weighted by atomic mass is 16.2. The normalized spacial score (nSPS) is 15.8. The van der Waals surface area contributed by atoms with Crippen molar-refractivity contribution in [3.05, 3.63) is 65.2 Å². The van der Waals surface area contributed by atoms with Crippen molar-refractivity contribution in [2.24, 2.45) is 0 Å². The van der Waals surface area contributed by atoms with Crippen molar-refractivity contribution in [2.45, 2.75) is 38.6 Å². The molecule has 6 nitrogen and oxygen atoms in total. The van der Waals surface area contributed by atoms with Gasteiger partial charge in [-0.15, -0.1) is 0 Å². The molecular formula is C24H27N3O3. The van der Waals surface area contributed by atoms with Gasteiger partial charge in [-0.2, -0.15) is 0 Å².